The van der Waals surface area contributed by atoms with Gasteiger partial charge in [0.25, 0.3) is 0 Å². The lowest BCUT2D eigenvalue weighted by atomic mass is 10.6. The van der Waals surface area contributed by atoms with E-state index in [4.69, 9.17) is 5.73 Å². The average molecular weight is 162 g/mol. The molecule has 0 atom stereocenters. The minimum atomic E-state index is -3.57. The molecule has 0 amide bonds. The first-order chi connectivity index (χ1) is 4.55. The average Bonchev–Trinajstić information content (AvgIpc) is 2.05. The molecule has 7 heteroatoms. The molecule has 0 saturated heterocycles. The van der Waals surface area contributed by atoms with Gasteiger partial charge in [-0.2, -0.15) is 8.42 Å². The lowest BCUT2D eigenvalue weighted by Gasteiger charge is -1.91. The fourth-order valence-corrected chi connectivity index (χ4v) is 1.36. The summed E-state index contributed by atoms with van der Waals surface area (Å²) >= 11 is 0. The zero-order chi connectivity index (χ0) is 7.78. The fourth-order valence-electron chi connectivity index (χ4n) is 0.530. The number of hydrogen-bond donors (Lipinski definition) is 2. The molecule has 0 aromatic heterocycles. The van der Waals surface area contributed by atoms with Crippen molar-refractivity contribution in [3.8, 4) is 0 Å². The SMILES string of the molecule is CN=C1NS(=O)(=O)N=C1N. The van der Waals surface area contributed by atoms with E-state index < -0.39 is 10.2 Å². The molecular formula is C3H6N4O2S. The maximum absolute atomic E-state index is 10.6. The monoisotopic (exact) mass is 162 g/mol. The second-order valence-corrected chi connectivity index (χ2v) is 2.96. The van der Waals surface area contributed by atoms with Crippen LogP contribution in [-0.4, -0.2) is 27.1 Å². The third-order valence-corrected chi connectivity index (χ3v) is 1.80. The maximum atomic E-state index is 10.6. The Hall–Kier alpha value is -1.11. The molecule has 0 bridgehead atoms. The quantitative estimate of drug-likeness (QED) is 0.440. The van der Waals surface area contributed by atoms with Crippen molar-refractivity contribution < 1.29 is 8.42 Å². The highest BCUT2D eigenvalue weighted by molar-refractivity contribution is 7.89. The molecule has 0 aliphatic carbocycles. The number of rotatable bonds is 0. The number of amidine groups is 2. The van der Waals surface area contributed by atoms with Crippen molar-refractivity contribution in [2.24, 2.45) is 15.1 Å². The molecule has 56 valence electrons. The van der Waals surface area contributed by atoms with Gasteiger partial charge in [0, 0.05) is 7.05 Å². The Bertz CT molecular complexity index is 300. The van der Waals surface area contributed by atoms with Crippen molar-refractivity contribution in [3.05, 3.63) is 0 Å². The van der Waals surface area contributed by atoms with E-state index in [1.54, 1.807) is 0 Å². The van der Waals surface area contributed by atoms with Crippen LogP contribution in [0, 0.1) is 0 Å². The summed E-state index contributed by atoms with van der Waals surface area (Å²) in [5.74, 6) is 0.00231. The Morgan fingerprint density at radius 3 is 2.50 bits per heavy atom. The molecular weight excluding hydrogens is 156 g/mol. The van der Waals surface area contributed by atoms with Crippen LogP contribution in [0.5, 0.6) is 0 Å². The minimum Gasteiger partial charge on any atom is -0.380 e. The van der Waals surface area contributed by atoms with Gasteiger partial charge in [-0.3, -0.25) is 4.99 Å². The molecule has 0 radical (unpaired) electrons. The molecule has 1 aliphatic heterocycles. The third-order valence-electron chi connectivity index (χ3n) is 0.910. The van der Waals surface area contributed by atoms with E-state index in [0.717, 1.165) is 0 Å². The van der Waals surface area contributed by atoms with Crippen molar-refractivity contribution in [3.63, 3.8) is 0 Å². The van der Waals surface area contributed by atoms with Crippen LogP contribution >= 0.6 is 0 Å². The Labute approximate surface area is 58.0 Å². The molecule has 1 rings (SSSR count). The Morgan fingerprint density at radius 2 is 2.30 bits per heavy atom. The first-order valence-corrected chi connectivity index (χ1v) is 3.84. The number of aliphatic imine (C=N–C) groups is 1. The van der Waals surface area contributed by atoms with Crippen LogP contribution in [0.4, 0.5) is 0 Å². The Kier molecular flexibility index (Phi) is 1.36. The largest absolute Gasteiger partial charge is 0.380 e. The van der Waals surface area contributed by atoms with E-state index >= 15 is 0 Å². The van der Waals surface area contributed by atoms with E-state index in [1.165, 1.54) is 7.05 Å². The summed E-state index contributed by atoms with van der Waals surface area (Å²) in [4.78, 5) is 3.53. The summed E-state index contributed by atoms with van der Waals surface area (Å²) in [6.45, 7) is 0. The molecule has 0 unspecified atom stereocenters. The number of nitrogens with one attached hydrogen (secondary N) is 1. The van der Waals surface area contributed by atoms with Gasteiger partial charge < -0.3 is 5.73 Å². The second-order valence-electron chi connectivity index (χ2n) is 1.63. The van der Waals surface area contributed by atoms with E-state index in [1.807, 2.05) is 4.72 Å². The molecule has 0 spiro atoms. The molecule has 3 N–H and O–H groups in total. The van der Waals surface area contributed by atoms with Gasteiger partial charge >= 0.3 is 10.2 Å². The van der Waals surface area contributed by atoms with E-state index in [2.05, 4.69) is 9.39 Å². The second kappa shape index (κ2) is 1.94. The Balaban J connectivity index is 3.12. The molecule has 1 aliphatic rings. The minimum absolute atomic E-state index is 0.0949. The summed E-state index contributed by atoms with van der Waals surface area (Å²) in [6.07, 6.45) is 0. The predicted molar refractivity (Wildman–Crippen MR) is 37.0 cm³/mol. The fraction of sp³-hybridized carbons (Fsp3) is 0.333. The Morgan fingerprint density at radius 1 is 1.70 bits per heavy atom. The lowest BCUT2D eigenvalue weighted by Crippen LogP contribution is -2.30. The van der Waals surface area contributed by atoms with Gasteiger partial charge in [-0.15, -0.1) is 4.40 Å². The predicted octanol–water partition coefficient (Wildman–Crippen LogP) is -1.78. The van der Waals surface area contributed by atoms with Crippen molar-refractivity contribution in [2.45, 2.75) is 0 Å². The number of hydrogen-bond acceptors (Lipinski definition) is 4. The van der Waals surface area contributed by atoms with E-state index in [9.17, 15) is 8.42 Å². The zero-order valence-electron chi connectivity index (χ0n) is 5.20. The van der Waals surface area contributed by atoms with Crippen molar-refractivity contribution in [1.29, 1.82) is 0 Å². The van der Waals surface area contributed by atoms with Crippen molar-refractivity contribution >= 4 is 21.9 Å². The number of nitrogens with two attached hydrogens (primary N) is 1. The number of nitrogens with zero attached hydrogens (tertiary/aromatic N) is 2. The van der Waals surface area contributed by atoms with Crippen LogP contribution in [0.1, 0.15) is 0 Å². The van der Waals surface area contributed by atoms with Crippen LogP contribution in [-0.2, 0) is 10.2 Å². The molecule has 10 heavy (non-hydrogen) atoms. The highest BCUT2D eigenvalue weighted by atomic mass is 32.2. The molecule has 1 heterocycles. The maximum Gasteiger partial charge on any atom is 0.345 e. The smallest absolute Gasteiger partial charge is 0.345 e. The van der Waals surface area contributed by atoms with Crippen molar-refractivity contribution in [1.82, 2.24) is 4.72 Å². The van der Waals surface area contributed by atoms with Gasteiger partial charge in [0.2, 0.25) is 0 Å². The van der Waals surface area contributed by atoms with E-state index in [0.29, 0.717) is 0 Å². The summed E-state index contributed by atoms with van der Waals surface area (Å²) < 4.78 is 26.2. The normalized spacial score (nSPS) is 26.1. The summed E-state index contributed by atoms with van der Waals surface area (Å²) in [6, 6.07) is 0. The first kappa shape index (κ1) is 7.00. The first-order valence-electron chi connectivity index (χ1n) is 2.40. The third kappa shape index (κ3) is 1.08. The van der Waals surface area contributed by atoms with Gasteiger partial charge in [0.05, 0.1) is 0 Å². The molecule has 6 nitrogen and oxygen atoms in total. The molecule has 0 saturated carbocycles. The standard InChI is InChI=1S/C3H6N4O2S/c1-5-3-2(4)6-10(8,9)7-3/h1H3,(H2,4,6)(H,5,7). The van der Waals surface area contributed by atoms with Gasteiger partial charge in [-0.1, -0.05) is 0 Å². The van der Waals surface area contributed by atoms with Crippen molar-refractivity contribution in [2.75, 3.05) is 7.05 Å². The van der Waals surface area contributed by atoms with Crippen LogP contribution < -0.4 is 10.5 Å². The lowest BCUT2D eigenvalue weighted by molar-refractivity contribution is 0.596. The van der Waals surface area contributed by atoms with Crippen LogP contribution in [0.15, 0.2) is 9.39 Å². The molecule has 0 fully saturated rings. The zero-order valence-corrected chi connectivity index (χ0v) is 6.01. The van der Waals surface area contributed by atoms with Crippen LogP contribution in [0.3, 0.4) is 0 Å². The summed E-state index contributed by atoms with van der Waals surface area (Å²) in [5.41, 5.74) is 5.14. The molecule has 0 aromatic rings. The summed E-state index contributed by atoms with van der Waals surface area (Å²) in [5, 5.41) is 0. The summed E-state index contributed by atoms with van der Waals surface area (Å²) in [7, 11) is -2.15. The highest BCUT2D eigenvalue weighted by Gasteiger charge is 2.22. The van der Waals surface area contributed by atoms with Gasteiger partial charge in [0.15, 0.2) is 11.7 Å². The van der Waals surface area contributed by atoms with E-state index in [-0.39, 0.29) is 11.7 Å². The van der Waals surface area contributed by atoms with Gasteiger partial charge in [-0.25, -0.2) is 4.72 Å². The molecule has 0 aromatic carbocycles. The van der Waals surface area contributed by atoms with Gasteiger partial charge in [0.1, 0.15) is 0 Å². The highest BCUT2D eigenvalue weighted by Crippen LogP contribution is 1.95. The van der Waals surface area contributed by atoms with Crippen LogP contribution in [0.2, 0.25) is 0 Å². The topological polar surface area (TPSA) is 96.9 Å². The van der Waals surface area contributed by atoms with Gasteiger partial charge in [-0.05, 0) is 0 Å². The van der Waals surface area contributed by atoms with Crippen LogP contribution in [0.25, 0.3) is 0 Å².